The highest BCUT2D eigenvalue weighted by Crippen LogP contribution is 2.62. The topological polar surface area (TPSA) is 326 Å². The van der Waals surface area contributed by atoms with Crippen molar-refractivity contribution in [3.8, 4) is 170 Å². The van der Waals surface area contributed by atoms with E-state index in [9.17, 15) is 61.3 Å². The first kappa shape index (κ1) is 100. The third kappa shape index (κ3) is 17.4. The number of aromatic hydroxyl groups is 12. The third-order valence-corrected chi connectivity index (χ3v) is 32.9. The number of nitrogens with zero attached hydrogens (tertiary/aromatic N) is 5. The van der Waals surface area contributed by atoms with E-state index in [0.29, 0.717) is 75.0 Å². The molecule has 6 atom stereocenters. The number of nitrogens with one attached hydrogen (secondary N) is 1. The van der Waals surface area contributed by atoms with Gasteiger partial charge in [-0.3, -0.25) is 24.5 Å². The number of hydrogen-bond donors (Lipinski definition) is 13. The molecular formula is C121H140N6O18. The van der Waals surface area contributed by atoms with Crippen molar-refractivity contribution in [2.75, 3.05) is 102 Å². The third-order valence-electron chi connectivity index (χ3n) is 32.9. The molecule has 6 aliphatic heterocycles. The second kappa shape index (κ2) is 39.3. The number of ether oxygens (including phenoxy) is 6. The minimum atomic E-state index is 0.0367. The number of phenols is 12. The van der Waals surface area contributed by atoms with Gasteiger partial charge in [0.25, 0.3) is 0 Å². The van der Waals surface area contributed by atoms with Crippen LogP contribution in [0.5, 0.6) is 103 Å². The van der Waals surface area contributed by atoms with Gasteiger partial charge in [-0.1, -0.05) is 13.8 Å². The van der Waals surface area contributed by atoms with Crippen molar-refractivity contribution in [2.24, 2.45) is 0 Å². The van der Waals surface area contributed by atoms with Crippen LogP contribution < -0.4 is 33.7 Å². The fourth-order valence-corrected chi connectivity index (χ4v) is 26.0. The zero-order valence-electron chi connectivity index (χ0n) is 87.3. The Labute approximate surface area is 850 Å². The SMILES string of the molecule is CCCN1CCc2cc(O)c(OC)c3c2C1Cc1cc(O)c(C)cc1-3.CCN1CCc2cc(O)c(OC)c3c2C1Cc1cc(O)c(C)cc1-3.COc1c(O)cc2c3c1-c1cc(C)c(O)cc1CC3N(C(C)(C)C)CC2.COc1c(O)cc2c3c1-c1cc(C)c(O)cc1CC3N(C(C)C)CC2.COc1c(O)cc2c3c1-c1cc(C)c(O)cc1CC3N(C)CC2.COc1c(O)cc2c3c1-c1cc(C)c(O)cc1CC3NCC2. The molecule has 0 spiro atoms. The van der Waals surface area contributed by atoms with Crippen molar-refractivity contribution in [3.63, 3.8) is 0 Å². The quantitative estimate of drug-likeness (QED) is 0.0605. The Morgan fingerprint density at radius 3 is 0.897 bits per heavy atom. The summed E-state index contributed by atoms with van der Waals surface area (Å²) in [5, 5.41) is 127. The maximum Gasteiger partial charge on any atom is 0.168 e. The van der Waals surface area contributed by atoms with Crippen LogP contribution in [0.2, 0.25) is 0 Å². The Kier molecular flexibility index (Phi) is 27.2. The van der Waals surface area contributed by atoms with Gasteiger partial charge in [0.15, 0.2) is 69.0 Å². The van der Waals surface area contributed by atoms with Crippen LogP contribution in [0, 0.1) is 41.5 Å². The van der Waals surface area contributed by atoms with Crippen molar-refractivity contribution >= 4 is 0 Å². The zero-order valence-corrected chi connectivity index (χ0v) is 87.3. The lowest BCUT2D eigenvalue weighted by Gasteiger charge is -2.48. The largest absolute Gasteiger partial charge is 0.508 e. The fraction of sp³-hybridized carbons (Fsp3) is 0.405. The van der Waals surface area contributed by atoms with E-state index in [1.54, 1.807) is 42.7 Å². The maximum absolute atomic E-state index is 10.6. The molecule has 145 heavy (non-hydrogen) atoms. The molecule has 6 aliphatic carbocycles. The summed E-state index contributed by atoms with van der Waals surface area (Å²) >= 11 is 0. The van der Waals surface area contributed by atoms with Crippen molar-refractivity contribution < 1.29 is 89.7 Å². The van der Waals surface area contributed by atoms with Crippen LogP contribution in [0.1, 0.15) is 225 Å². The van der Waals surface area contributed by atoms with Crippen LogP contribution in [-0.2, 0) is 77.0 Å². The van der Waals surface area contributed by atoms with Crippen molar-refractivity contribution in [1.82, 2.24) is 29.8 Å². The maximum atomic E-state index is 10.6. The van der Waals surface area contributed by atoms with E-state index in [1.165, 1.54) is 66.8 Å². The van der Waals surface area contributed by atoms with E-state index in [-0.39, 0.29) is 76.3 Å². The molecule has 13 N–H and O–H groups in total. The molecule has 0 amide bonds. The second-order valence-electron chi connectivity index (χ2n) is 42.7. The first-order valence-corrected chi connectivity index (χ1v) is 51.3. The van der Waals surface area contributed by atoms with Crippen molar-refractivity contribution in [1.29, 1.82) is 0 Å². The van der Waals surface area contributed by atoms with E-state index >= 15 is 0 Å². The number of hydrogen-bond acceptors (Lipinski definition) is 24. The predicted molar refractivity (Wildman–Crippen MR) is 568 cm³/mol. The standard InChI is InChI=1S/C22H27NO3.2C21H25NO3.C20H23NO3.C19H21NO3.C18H19NO3/c1-12-8-15-14(11-17(12)24)9-16-19-13(6-7-23(16)22(2,3)4)10-18(25)21(26-5)20(15)19;1-11(2)22-6-5-13-9-18(24)21(25-4)20-15-7-12(3)17(23)10-14(15)8-16(22)19(13)20;1-4-6-22-7-5-13-10-18(24)21(25-3)20-15-8-12(2)17(23)11-14(15)9-16(22)19(13)20;1-4-21-6-5-12-9-17(23)20(24-3)19-14-7-11(2)16(22)10-13(14)8-15(21)18(12)19;1-10-6-13-12(9-15(10)21)7-14-17-11(4-5-20(14)2)8-16(22)19(23-3)18(13)17;1-9-5-12-11(8-14(9)20)6-13-16-10(3-4-19-13)7-15(21)18(22-2)17(12)16/h8,10-11,16,24-25H,6-7,9H2,1-5H3;7,9-11,16,23-24H,5-6,8H2,1-4H3;8,10-11,16,23-24H,4-7,9H2,1-3H3;7,9-10,15,22-23H,4-6,8H2,1-3H3;6,8-9,14,21-22H,4-5,7H2,1-3H3;5,7-8,13,19-21H,3-4,6H2,1-2H3. The van der Waals surface area contributed by atoms with Gasteiger partial charge < -0.3 is 95.0 Å². The molecule has 0 saturated heterocycles. The molecule has 0 aromatic heterocycles. The lowest BCUT2D eigenvalue weighted by molar-refractivity contribution is 0.0720. The van der Waals surface area contributed by atoms with E-state index in [4.69, 9.17) is 28.4 Å². The molecule has 0 fully saturated rings. The Morgan fingerprint density at radius 1 is 0.303 bits per heavy atom. The molecule has 0 bridgehead atoms. The number of fused-ring (bicyclic) bond motifs is 12. The molecule has 0 radical (unpaired) electrons. The van der Waals surface area contributed by atoms with Crippen LogP contribution >= 0.6 is 0 Å². The highest BCUT2D eigenvalue weighted by Gasteiger charge is 2.47. The molecule has 6 heterocycles. The molecule has 762 valence electrons. The van der Waals surface area contributed by atoms with Gasteiger partial charge in [-0.25, -0.2) is 0 Å². The summed E-state index contributed by atoms with van der Waals surface area (Å²) in [5.74, 6) is 6.38. The van der Waals surface area contributed by atoms with E-state index in [2.05, 4.69) is 85.3 Å². The van der Waals surface area contributed by atoms with Crippen LogP contribution in [0.3, 0.4) is 0 Å². The lowest BCUT2D eigenvalue weighted by Crippen LogP contribution is -2.49. The average Bonchev–Trinajstić information content (AvgIpc) is 0.681. The van der Waals surface area contributed by atoms with E-state index in [0.717, 1.165) is 269 Å². The van der Waals surface area contributed by atoms with Crippen LogP contribution in [0.15, 0.2) is 109 Å². The van der Waals surface area contributed by atoms with Crippen molar-refractivity contribution in [2.45, 2.75) is 221 Å². The summed E-state index contributed by atoms with van der Waals surface area (Å²) in [6.45, 7) is 34.8. The first-order valence-electron chi connectivity index (χ1n) is 51.3. The minimum absolute atomic E-state index is 0.0367. The minimum Gasteiger partial charge on any atom is -0.508 e. The van der Waals surface area contributed by atoms with Crippen LogP contribution in [0.4, 0.5) is 0 Å². The molecule has 0 saturated carbocycles. The number of benzene rings is 12. The fourth-order valence-electron chi connectivity index (χ4n) is 26.0. The Bertz CT molecular complexity index is 7200. The molecule has 24 rings (SSSR count). The van der Waals surface area contributed by atoms with Crippen LogP contribution in [0.25, 0.3) is 66.8 Å². The van der Waals surface area contributed by atoms with Gasteiger partial charge >= 0.3 is 0 Å². The lowest BCUT2D eigenvalue weighted by atomic mass is 9.75. The first-order chi connectivity index (χ1) is 69.3. The van der Waals surface area contributed by atoms with Gasteiger partial charge in [-0.05, 0) is 462 Å². The molecule has 24 heteroatoms. The van der Waals surface area contributed by atoms with Gasteiger partial charge in [0.2, 0.25) is 0 Å². The molecule has 6 unspecified atom stereocenters. The van der Waals surface area contributed by atoms with Gasteiger partial charge in [-0.15, -0.1) is 0 Å². The normalized spacial score (nSPS) is 18.8. The summed E-state index contributed by atoms with van der Waals surface area (Å²) in [7, 11) is 11.8. The number of aryl methyl sites for hydroxylation is 6. The summed E-state index contributed by atoms with van der Waals surface area (Å²) < 4.78 is 33.5. The highest BCUT2D eigenvalue weighted by molar-refractivity contribution is 5.91. The second-order valence-corrected chi connectivity index (χ2v) is 42.7. The highest BCUT2D eigenvalue weighted by atomic mass is 16.5. The number of likely N-dealkylation sites (N-methyl/N-ethyl adjacent to an activating group) is 2. The van der Waals surface area contributed by atoms with Gasteiger partial charge in [0.1, 0.15) is 34.5 Å². The Balaban J connectivity index is 0.000000110. The zero-order chi connectivity index (χ0) is 103. The number of phenolic OH excluding ortho intramolecular Hbond substituents is 12. The van der Waals surface area contributed by atoms with Crippen LogP contribution in [-0.4, -0.2) is 199 Å². The molecule has 12 aliphatic rings. The van der Waals surface area contributed by atoms with Gasteiger partial charge in [0.05, 0.1) is 42.7 Å². The van der Waals surface area contributed by atoms with Gasteiger partial charge in [0, 0.05) is 114 Å². The summed E-state index contributed by atoms with van der Waals surface area (Å²) in [6.07, 6.45) is 11.9. The molecule has 12 aromatic rings. The summed E-state index contributed by atoms with van der Waals surface area (Å²) in [5.41, 5.74) is 39.0. The molecule has 24 nitrogen and oxygen atoms in total. The number of methoxy groups -OCH3 is 6. The predicted octanol–water partition coefficient (Wildman–Crippen LogP) is 21.8. The number of rotatable bonds is 10. The Hall–Kier alpha value is -13.2. The summed E-state index contributed by atoms with van der Waals surface area (Å²) in [4.78, 5) is 12.4. The van der Waals surface area contributed by atoms with E-state index in [1.807, 2.05) is 151 Å². The van der Waals surface area contributed by atoms with E-state index < -0.39 is 0 Å². The Morgan fingerprint density at radius 2 is 0.566 bits per heavy atom. The average molecular weight is 1970 g/mol. The monoisotopic (exact) mass is 1970 g/mol. The van der Waals surface area contributed by atoms with Crippen molar-refractivity contribution in [3.05, 3.63) is 243 Å². The summed E-state index contributed by atoms with van der Waals surface area (Å²) in [6, 6.07) is 36.4. The van der Waals surface area contributed by atoms with Gasteiger partial charge in [-0.2, -0.15) is 0 Å². The molecular weight excluding hydrogens is 1830 g/mol. The smallest absolute Gasteiger partial charge is 0.168 e. The molecule has 12 aromatic carbocycles.